The number of Topliss-reactive ketones (excluding diaryl/α,β-unsaturated/α-hetero) is 1. The quantitative estimate of drug-likeness (QED) is 0.580. The van der Waals surface area contributed by atoms with E-state index in [9.17, 15) is 4.79 Å². The van der Waals surface area contributed by atoms with Gasteiger partial charge in [-0.1, -0.05) is 18.2 Å². The molecule has 2 atom stereocenters. The summed E-state index contributed by atoms with van der Waals surface area (Å²) < 4.78 is 53.2. The molecule has 34 heavy (non-hydrogen) atoms. The van der Waals surface area contributed by atoms with Gasteiger partial charge in [0.15, 0.2) is 17.3 Å². The van der Waals surface area contributed by atoms with E-state index in [0.29, 0.717) is 43.2 Å². The second kappa shape index (κ2) is 9.50. The average Bonchev–Trinajstić information content (AvgIpc) is 2.83. The van der Waals surface area contributed by atoms with Crippen molar-refractivity contribution in [1.29, 1.82) is 0 Å². The Morgan fingerprint density at radius 3 is 2.47 bits per heavy atom. The molecule has 0 radical (unpaired) electrons. The lowest BCUT2D eigenvalue weighted by Gasteiger charge is -2.50. The zero-order chi connectivity index (χ0) is 24.5. The van der Waals surface area contributed by atoms with Gasteiger partial charge < -0.3 is 24.3 Å². The van der Waals surface area contributed by atoms with Crippen LogP contribution in [0.3, 0.4) is 0 Å². The van der Waals surface area contributed by atoms with Gasteiger partial charge in [0.2, 0.25) is 0 Å². The Morgan fingerprint density at radius 2 is 1.82 bits per heavy atom. The maximum atomic E-state index is 15.4. The average molecular weight is 476 g/mol. The second-order valence-corrected chi connectivity index (χ2v) is 9.07. The van der Waals surface area contributed by atoms with Gasteiger partial charge >= 0.3 is 6.11 Å². The van der Waals surface area contributed by atoms with Crippen LogP contribution in [0.15, 0.2) is 42.5 Å². The van der Waals surface area contributed by atoms with Crippen molar-refractivity contribution in [1.82, 2.24) is 5.32 Å². The molecule has 2 aromatic carbocycles. The SMILES string of the molecule is COc1cc(C(=O)C2C(C(F)(F)OC)c3ccccc3OC23CCNCC3)ccc1OC(C)C. The fourth-order valence-corrected chi connectivity index (χ4v) is 5.10. The summed E-state index contributed by atoms with van der Waals surface area (Å²) in [5.41, 5.74) is -0.566. The lowest BCUT2D eigenvalue weighted by atomic mass is 9.65. The van der Waals surface area contributed by atoms with Crippen LogP contribution in [0.2, 0.25) is 0 Å². The molecule has 2 unspecified atom stereocenters. The first kappa shape index (κ1) is 24.4. The van der Waals surface area contributed by atoms with E-state index in [1.54, 1.807) is 42.5 Å². The summed E-state index contributed by atoms with van der Waals surface area (Å²) in [7, 11) is 2.45. The van der Waals surface area contributed by atoms with Crippen molar-refractivity contribution >= 4 is 5.78 Å². The number of para-hydroxylation sites is 1. The molecular weight excluding hydrogens is 444 g/mol. The maximum absolute atomic E-state index is 15.4. The number of piperidine rings is 1. The second-order valence-electron chi connectivity index (χ2n) is 9.07. The van der Waals surface area contributed by atoms with Gasteiger partial charge in [-0.15, -0.1) is 0 Å². The molecule has 0 amide bonds. The monoisotopic (exact) mass is 475 g/mol. The number of ketones is 1. The molecule has 2 heterocycles. The lowest BCUT2D eigenvalue weighted by Crippen LogP contribution is -2.60. The van der Waals surface area contributed by atoms with Gasteiger partial charge in [-0.25, -0.2) is 0 Å². The first-order chi connectivity index (χ1) is 16.2. The van der Waals surface area contributed by atoms with E-state index in [-0.39, 0.29) is 17.2 Å². The lowest BCUT2D eigenvalue weighted by molar-refractivity contribution is -0.256. The highest BCUT2D eigenvalue weighted by Gasteiger charge is 2.61. The van der Waals surface area contributed by atoms with Crippen molar-refractivity contribution in [3.05, 3.63) is 53.6 Å². The van der Waals surface area contributed by atoms with E-state index in [4.69, 9.17) is 18.9 Å². The van der Waals surface area contributed by atoms with Crippen LogP contribution in [0.5, 0.6) is 17.2 Å². The van der Waals surface area contributed by atoms with Crippen molar-refractivity contribution < 1.29 is 32.5 Å². The Morgan fingerprint density at radius 1 is 1.12 bits per heavy atom. The number of nitrogens with one attached hydrogen (secondary N) is 1. The molecule has 1 N–H and O–H groups in total. The van der Waals surface area contributed by atoms with Crippen LogP contribution in [-0.2, 0) is 4.74 Å². The van der Waals surface area contributed by atoms with Crippen molar-refractivity contribution in [3.63, 3.8) is 0 Å². The predicted octanol–water partition coefficient (Wildman–Crippen LogP) is 4.82. The predicted molar refractivity (Wildman–Crippen MR) is 123 cm³/mol. The van der Waals surface area contributed by atoms with Crippen LogP contribution in [0.1, 0.15) is 48.5 Å². The fraction of sp³-hybridized carbons (Fsp3) is 0.500. The summed E-state index contributed by atoms with van der Waals surface area (Å²) in [4.78, 5) is 14.1. The van der Waals surface area contributed by atoms with Crippen molar-refractivity contribution in [2.45, 2.75) is 50.4 Å². The van der Waals surface area contributed by atoms with E-state index >= 15 is 8.78 Å². The number of hydrogen-bond donors (Lipinski definition) is 1. The Labute approximate surface area is 198 Å². The van der Waals surface area contributed by atoms with Gasteiger partial charge in [0.05, 0.1) is 25.0 Å². The Bertz CT molecular complexity index is 1040. The smallest absolute Gasteiger partial charge is 0.363 e. The fourth-order valence-electron chi connectivity index (χ4n) is 5.10. The Kier molecular flexibility index (Phi) is 6.82. The van der Waals surface area contributed by atoms with Crippen LogP contribution < -0.4 is 19.5 Å². The third-order valence-corrected chi connectivity index (χ3v) is 6.64. The van der Waals surface area contributed by atoms with E-state index < -0.39 is 29.3 Å². The highest BCUT2D eigenvalue weighted by atomic mass is 19.3. The van der Waals surface area contributed by atoms with Crippen LogP contribution in [0.4, 0.5) is 8.78 Å². The van der Waals surface area contributed by atoms with Gasteiger partial charge in [0.1, 0.15) is 11.4 Å². The van der Waals surface area contributed by atoms with E-state index in [1.807, 2.05) is 13.8 Å². The molecular formula is C26H31F2NO5. The van der Waals surface area contributed by atoms with Gasteiger partial charge in [-0.05, 0) is 51.2 Å². The number of halogens is 2. The largest absolute Gasteiger partial charge is 0.493 e. The molecule has 0 saturated carbocycles. The normalized spacial score (nSPS) is 21.6. The minimum atomic E-state index is -3.58. The van der Waals surface area contributed by atoms with Gasteiger partial charge in [0, 0.05) is 31.1 Å². The summed E-state index contributed by atoms with van der Waals surface area (Å²) >= 11 is 0. The van der Waals surface area contributed by atoms with Crippen LogP contribution in [0, 0.1) is 5.92 Å². The maximum Gasteiger partial charge on any atom is 0.363 e. The zero-order valence-corrected chi connectivity index (χ0v) is 19.9. The zero-order valence-electron chi connectivity index (χ0n) is 19.9. The molecule has 1 fully saturated rings. The highest BCUT2D eigenvalue weighted by molar-refractivity contribution is 6.00. The number of carbonyl (C=O) groups excluding carboxylic acids is 1. The topological polar surface area (TPSA) is 66.0 Å². The van der Waals surface area contributed by atoms with Crippen LogP contribution in [-0.4, -0.2) is 50.9 Å². The molecule has 8 heteroatoms. The van der Waals surface area contributed by atoms with E-state index in [1.165, 1.54) is 7.11 Å². The molecule has 1 spiro atoms. The van der Waals surface area contributed by atoms with E-state index in [0.717, 1.165) is 7.11 Å². The molecule has 184 valence electrons. The number of benzene rings is 2. The minimum Gasteiger partial charge on any atom is -0.493 e. The third kappa shape index (κ3) is 4.36. The molecule has 0 bridgehead atoms. The molecule has 1 saturated heterocycles. The molecule has 2 aliphatic rings. The van der Waals surface area contributed by atoms with E-state index in [2.05, 4.69) is 5.32 Å². The molecule has 2 aromatic rings. The summed E-state index contributed by atoms with van der Waals surface area (Å²) in [5.74, 6) is -1.90. The highest BCUT2D eigenvalue weighted by Crippen LogP contribution is 2.55. The number of rotatable bonds is 7. The van der Waals surface area contributed by atoms with Crippen LogP contribution >= 0.6 is 0 Å². The summed E-state index contributed by atoms with van der Waals surface area (Å²) in [6, 6.07) is 11.5. The van der Waals surface area contributed by atoms with Gasteiger partial charge in [-0.2, -0.15) is 8.78 Å². The standard InChI is InChI=1S/C26H31F2NO5/c1-16(2)33-20-10-9-17(15-21(20)31-3)24(30)23-22(26(27,28)32-4)18-7-5-6-8-19(18)34-25(23)11-13-29-14-12-25/h5-10,15-16,22-23,29H,11-14H2,1-4H3. The number of alkyl halides is 2. The number of hydrogen-bond acceptors (Lipinski definition) is 6. The summed E-state index contributed by atoms with van der Waals surface area (Å²) in [5, 5.41) is 3.24. The molecule has 4 rings (SSSR count). The molecule has 6 nitrogen and oxygen atoms in total. The third-order valence-electron chi connectivity index (χ3n) is 6.64. The summed E-state index contributed by atoms with van der Waals surface area (Å²) in [6.45, 7) is 4.88. The first-order valence-corrected chi connectivity index (χ1v) is 11.5. The number of carbonyl (C=O) groups is 1. The van der Waals surface area contributed by atoms with Crippen molar-refractivity contribution in [2.75, 3.05) is 27.3 Å². The minimum absolute atomic E-state index is 0.0959. The number of ether oxygens (including phenoxy) is 4. The van der Waals surface area contributed by atoms with Gasteiger partial charge in [-0.3, -0.25) is 4.79 Å². The number of methoxy groups -OCH3 is 2. The van der Waals surface area contributed by atoms with Crippen molar-refractivity contribution in [3.8, 4) is 17.2 Å². The molecule has 0 aromatic heterocycles. The summed E-state index contributed by atoms with van der Waals surface area (Å²) in [6.07, 6.45) is -2.84. The van der Waals surface area contributed by atoms with Gasteiger partial charge in [0.25, 0.3) is 0 Å². The van der Waals surface area contributed by atoms with Crippen LogP contribution in [0.25, 0.3) is 0 Å². The number of fused-ring (bicyclic) bond motifs is 1. The Hall–Kier alpha value is -2.71. The van der Waals surface area contributed by atoms with Crippen molar-refractivity contribution in [2.24, 2.45) is 5.92 Å². The molecule has 0 aliphatic carbocycles. The Balaban J connectivity index is 1.85. The first-order valence-electron chi connectivity index (χ1n) is 11.5. The molecule has 2 aliphatic heterocycles.